The van der Waals surface area contributed by atoms with Crippen LogP contribution in [0.15, 0.2) is 47.6 Å². The van der Waals surface area contributed by atoms with E-state index in [4.69, 9.17) is 11.6 Å². The van der Waals surface area contributed by atoms with Crippen molar-refractivity contribution in [3.8, 4) is 0 Å². The van der Waals surface area contributed by atoms with Crippen LogP contribution in [0.25, 0.3) is 0 Å². The fourth-order valence-corrected chi connectivity index (χ4v) is 2.86. The zero-order valence-corrected chi connectivity index (χ0v) is 14.9. The lowest BCUT2D eigenvalue weighted by Gasteiger charge is -2.13. The molecule has 2 rings (SSSR count). The smallest absolute Gasteiger partial charge is 0.237 e. The van der Waals surface area contributed by atoms with Gasteiger partial charge in [0.25, 0.3) is 0 Å². The van der Waals surface area contributed by atoms with Crippen LogP contribution in [0.5, 0.6) is 0 Å². The van der Waals surface area contributed by atoms with Crippen LogP contribution in [0.3, 0.4) is 0 Å². The maximum atomic E-state index is 12.3. The molecule has 0 saturated heterocycles. The summed E-state index contributed by atoms with van der Waals surface area (Å²) in [4.78, 5) is 27.9. The van der Waals surface area contributed by atoms with E-state index in [1.54, 1.807) is 31.3 Å². The van der Waals surface area contributed by atoms with Gasteiger partial charge in [-0.1, -0.05) is 36.4 Å². The summed E-state index contributed by atoms with van der Waals surface area (Å²) < 4.78 is 0. The summed E-state index contributed by atoms with van der Waals surface area (Å²) in [5.41, 5.74) is 1.10. The molecule has 2 amide bonds. The molecule has 0 aliphatic heterocycles. The van der Waals surface area contributed by atoms with Gasteiger partial charge in [-0.25, -0.2) is 4.98 Å². The standard InChI is InChI=1S/C17H18ClN3O2S/c1-3-15(22)21-14-8-7-12(10-13(14)18)20-17(23)11(2)24-16-6-4-5-9-19-16/h4-11H,3H2,1-2H3,(H,20,23)(H,21,22). The monoisotopic (exact) mass is 363 g/mol. The molecule has 0 aliphatic carbocycles. The Hall–Kier alpha value is -2.05. The number of nitrogens with zero attached hydrogens (tertiary/aromatic N) is 1. The first-order valence-electron chi connectivity index (χ1n) is 7.47. The summed E-state index contributed by atoms with van der Waals surface area (Å²) in [7, 11) is 0. The number of anilines is 2. The fourth-order valence-electron chi connectivity index (χ4n) is 1.83. The summed E-state index contributed by atoms with van der Waals surface area (Å²) in [6, 6.07) is 10.5. The molecule has 24 heavy (non-hydrogen) atoms. The van der Waals surface area contributed by atoms with Crippen LogP contribution in [0, 0.1) is 0 Å². The molecular weight excluding hydrogens is 346 g/mol. The van der Waals surface area contributed by atoms with Crippen molar-refractivity contribution < 1.29 is 9.59 Å². The number of carbonyl (C=O) groups is 2. The van der Waals surface area contributed by atoms with E-state index in [-0.39, 0.29) is 17.1 Å². The molecule has 0 radical (unpaired) electrons. The van der Waals surface area contributed by atoms with Crippen LogP contribution in [-0.2, 0) is 9.59 Å². The van der Waals surface area contributed by atoms with Gasteiger partial charge >= 0.3 is 0 Å². The minimum atomic E-state index is -0.307. The van der Waals surface area contributed by atoms with Crippen molar-refractivity contribution >= 4 is 46.6 Å². The molecule has 1 unspecified atom stereocenters. The molecule has 0 bridgehead atoms. The van der Waals surface area contributed by atoms with Crippen LogP contribution in [-0.4, -0.2) is 22.0 Å². The van der Waals surface area contributed by atoms with Crippen LogP contribution in [0.1, 0.15) is 20.3 Å². The number of nitrogens with one attached hydrogen (secondary N) is 2. The third-order valence-corrected chi connectivity index (χ3v) is 4.50. The molecule has 0 saturated carbocycles. The average molecular weight is 364 g/mol. The zero-order valence-electron chi connectivity index (χ0n) is 13.4. The second kappa shape index (κ2) is 8.70. The molecule has 0 fully saturated rings. The lowest BCUT2D eigenvalue weighted by atomic mass is 10.2. The lowest BCUT2D eigenvalue weighted by molar-refractivity contribution is -0.116. The number of amides is 2. The highest BCUT2D eigenvalue weighted by molar-refractivity contribution is 8.00. The number of pyridine rings is 1. The Labute approximate surface area is 150 Å². The molecule has 1 heterocycles. The minimum Gasteiger partial charge on any atom is -0.325 e. The summed E-state index contributed by atoms with van der Waals surface area (Å²) in [5.74, 6) is -0.263. The van der Waals surface area contributed by atoms with Gasteiger partial charge in [0.1, 0.15) is 0 Å². The average Bonchev–Trinajstić information content (AvgIpc) is 2.58. The Morgan fingerprint density at radius 1 is 1.25 bits per heavy atom. The quantitative estimate of drug-likeness (QED) is 0.754. The van der Waals surface area contributed by atoms with Gasteiger partial charge in [-0.3, -0.25) is 9.59 Å². The van der Waals surface area contributed by atoms with E-state index in [0.717, 1.165) is 5.03 Å². The third kappa shape index (κ3) is 5.25. The number of halogens is 1. The lowest BCUT2D eigenvalue weighted by Crippen LogP contribution is -2.22. The Kier molecular flexibility index (Phi) is 6.63. The highest BCUT2D eigenvalue weighted by Crippen LogP contribution is 2.27. The van der Waals surface area contributed by atoms with E-state index in [1.165, 1.54) is 11.8 Å². The second-order valence-electron chi connectivity index (χ2n) is 5.01. The van der Waals surface area contributed by atoms with Gasteiger partial charge in [0.15, 0.2) is 0 Å². The molecule has 1 atom stereocenters. The fraction of sp³-hybridized carbons (Fsp3) is 0.235. The predicted molar refractivity (Wildman–Crippen MR) is 98.6 cm³/mol. The number of carbonyl (C=O) groups excluding carboxylic acids is 2. The molecule has 126 valence electrons. The van der Waals surface area contributed by atoms with Crippen LogP contribution >= 0.6 is 23.4 Å². The van der Waals surface area contributed by atoms with Gasteiger partial charge in [-0.15, -0.1) is 0 Å². The maximum Gasteiger partial charge on any atom is 0.237 e. The van der Waals surface area contributed by atoms with Crippen LogP contribution < -0.4 is 10.6 Å². The Morgan fingerprint density at radius 2 is 2.04 bits per heavy atom. The van der Waals surface area contributed by atoms with Gasteiger partial charge in [-0.05, 0) is 37.3 Å². The largest absolute Gasteiger partial charge is 0.325 e. The summed E-state index contributed by atoms with van der Waals surface area (Å²) >= 11 is 7.52. The summed E-state index contributed by atoms with van der Waals surface area (Å²) in [6.07, 6.45) is 2.06. The molecule has 2 N–H and O–H groups in total. The molecule has 1 aromatic carbocycles. The summed E-state index contributed by atoms with van der Waals surface area (Å²) in [6.45, 7) is 3.57. The van der Waals surface area contributed by atoms with Gasteiger partial charge < -0.3 is 10.6 Å². The van der Waals surface area contributed by atoms with Crippen molar-refractivity contribution in [2.75, 3.05) is 10.6 Å². The number of thioether (sulfide) groups is 1. The van der Waals surface area contributed by atoms with Crippen LogP contribution in [0.4, 0.5) is 11.4 Å². The van der Waals surface area contributed by atoms with Gasteiger partial charge in [-0.2, -0.15) is 0 Å². The predicted octanol–water partition coefficient (Wildman–Crippen LogP) is 4.20. The normalized spacial score (nSPS) is 11.6. The van der Waals surface area contributed by atoms with E-state index < -0.39 is 0 Å². The van der Waals surface area contributed by atoms with Gasteiger partial charge in [0, 0.05) is 18.3 Å². The third-order valence-electron chi connectivity index (χ3n) is 3.14. The molecular formula is C17H18ClN3O2S. The van der Waals surface area contributed by atoms with Crippen molar-refractivity contribution in [2.45, 2.75) is 30.5 Å². The first kappa shape index (κ1) is 18.3. The van der Waals surface area contributed by atoms with Crippen molar-refractivity contribution in [3.05, 3.63) is 47.6 Å². The topological polar surface area (TPSA) is 71.1 Å². The number of benzene rings is 1. The highest BCUT2D eigenvalue weighted by Gasteiger charge is 2.15. The minimum absolute atomic E-state index is 0.117. The van der Waals surface area contributed by atoms with E-state index in [0.29, 0.717) is 22.8 Å². The first-order valence-corrected chi connectivity index (χ1v) is 8.73. The maximum absolute atomic E-state index is 12.3. The van der Waals surface area contributed by atoms with E-state index >= 15 is 0 Å². The molecule has 0 spiro atoms. The van der Waals surface area contributed by atoms with Crippen molar-refractivity contribution in [1.82, 2.24) is 4.98 Å². The number of hydrogen-bond acceptors (Lipinski definition) is 4. The summed E-state index contributed by atoms with van der Waals surface area (Å²) in [5, 5.41) is 6.37. The van der Waals surface area contributed by atoms with Gasteiger partial charge in [0.2, 0.25) is 11.8 Å². The second-order valence-corrected chi connectivity index (χ2v) is 6.78. The van der Waals surface area contributed by atoms with Crippen molar-refractivity contribution in [2.24, 2.45) is 0 Å². The Bertz CT molecular complexity index is 725. The number of rotatable bonds is 6. The highest BCUT2D eigenvalue weighted by atomic mass is 35.5. The van der Waals surface area contributed by atoms with E-state index in [2.05, 4.69) is 15.6 Å². The molecule has 1 aromatic heterocycles. The van der Waals surface area contributed by atoms with Gasteiger partial charge in [0.05, 0.1) is 21.0 Å². The molecule has 0 aliphatic rings. The van der Waals surface area contributed by atoms with Crippen molar-refractivity contribution in [3.63, 3.8) is 0 Å². The van der Waals surface area contributed by atoms with E-state index in [1.807, 2.05) is 25.1 Å². The van der Waals surface area contributed by atoms with Crippen molar-refractivity contribution in [1.29, 1.82) is 0 Å². The van der Waals surface area contributed by atoms with E-state index in [9.17, 15) is 9.59 Å². The zero-order chi connectivity index (χ0) is 17.5. The molecule has 5 nitrogen and oxygen atoms in total. The number of aromatic nitrogens is 1. The Morgan fingerprint density at radius 3 is 2.67 bits per heavy atom. The first-order chi connectivity index (χ1) is 11.5. The molecule has 2 aromatic rings. The number of hydrogen-bond donors (Lipinski definition) is 2. The van der Waals surface area contributed by atoms with Crippen LogP contribution in [0.2, 0.25) is 5.02 Å². The Balaban J connectivity index is 1.98. The molecule has 7 heteroatoms. The SMILES string of the molecule is CCC(=O)Nc1ccc(NC(=O)C(C)Sc2ccccn2)cc1Cl.